The molecular weight excluding hydrogens is 268 g/mol. The minimum Gasteiger partial charge on any atom is -0.384 e. The summed E-state index contributed by atoms with van der Waals surface area (Å²) in [6, 6.07) is 3.29. The molecule has 0 aliphatic heterocycles. The highest BCUT2D eigenvalue weighted by Gasteiger charge is 2.12. The van der Waals surface area contributed by atoms with Crippen LogP contribution in [0.2, 0.25) is 0 Å². The van der Waals surface area contributed by atoms with E-state index in [2.05, 4.69) is 15.1 Å². The second kappa shape index (κ2) is 5.06. The maximum absolute atomic E-state index is 11.2. The summed E-state index contributed by atoms with van der Waals surface area (Å²) in [4.78, 5) is 30.0. The lowest BCUT2D eigenvalue weighted by Gasteiger charge is -2.08. The molecule has 4 N–H and O–H groups in total. The largest absolute Gasteiger partial charge is 0.384 e. The van der Waals surface area contributed by atoms with E-state index in [1.165, 1.54) is 4.68 Å². The van der Waals surface area contributed by atoms with Crippen LogP contribution in [0.15, 0.2) is 38.1 Å². The third-order valence-corrected chi connectivity index (χ3v) is 3.26. The van der Waals surface area contributed by atoms with Crippen LogP contribution in [-0.2, 0) is 7.05 Å². The number of pyridine rings is 1. The Bertz CT molecular complexity index is 750. The van der Waals surface area contributed by atoms with Crippen LogP contribution in [0.5, 0.6) is 0 Å². The van der Waals surface area contributed by atoms with Crippen molar-refractivity contribution in [2.45, 2.75) is 10.2 Å². The average molecular weight is 278 g/mol. The number of rotatable bonds is 3. The SMILES string of the molecule is Cn1[nH]c(=O)c(=O)nc1Sc1ncccc1C(=N)N. The Morgan fingerprint density at radius 1 is 1.53 bits per heavy atom. The summed E-state index contributed by atoms with van der Waals surface area (Å²) in [5.74, 6) is -0.134. The van der Waals surface area contributed by atoms with Gasteiger partial charge in [-0.3, -0.25) is 24.8 Å². The number of aryl methyl sites for hydroxylation is 1. The van der Waals surface area contributed by atoms with Gasteiger partial charge in [0.2, 0.25) is 0 Å². The van der Waals surface area contributed by atoms with Crippen molar-refractivity contribution < 1.29 is 0 Å². The van der Waals surface area contributed by atoms with Gasteiger partial charge in [-0.25, -0.2) is 4.98 Å². The molecule has 0 aromatic carbocycles. The number of nitrogens with two attached hydrogens (primary N) is 1. The fourth-order valence-electron chi connectivity index (χ4n) is 1.32. The number of nitrogens with zero attached hydrogens (tertiary/aromatic N) is 3. The maximum atomic E-state index is 11.2. The van der Waals surface area contributed by atoms with E-state index >= 15 is 0 Å². The van der Waals surface area contributed by atoms with Crippen LogP contribution < -0.4 is 16.9 Å². The van der Waals surface area contributed by atoms with E-state index in [4.69, 9.17) is 11.1 Å². The predicted octanol–water partition coefficient (Wildman–Crippen LogP) is -0.701. The van der Waals surface area contributed by atoms with Crippen molar-refractivity contribution in [2.24, 2.45) is 12.8 Å². The number of nitrogens with one attached hydrogen (secondary N) is 2. The molecule has 0 aliphatic carbocycles. The van der Waals surface area contributed by atoms with E-state index in [0.717, 1.165) is 11.8 Å². The zero-order chi connectivity index (χ0) is 14.0. The fourth-order valence-corrected chi connectivity index (χ4v) is 2.20. The van der Waals surface area contributed by atoms with Crippen molar-refractivity contribution in [3.05, 3.63) is 44.6 Å². The molecule has 0 fully saturated rings. The summed E-state index contributed by atoms with van der Waals surface area (Å²) >= 11 is 1.04. The van der Waals surface area contributed by atoms with Crippen molar-refractivity contribution in [3.8, 4) is 0 Å². The van der Waals surface area contributed by atoms with E-state index in [9.17, 15) is 9.59 Å². The molecule has 0 spiro atoms. The third kappa shape index (κ3) is 2.71. The minimum atomic E-state index is -0.874. The van der Waals surface area contributed by atoms with E-state index in [-0.39, 0.29) is 11.0 Å². The first kappa shape index (κ1) is 13.0. The quantitative estimate of drug-likeness (QED) is 0.386. The fraction of sp³-hybridized carbons (Fsp3) is 0.100. The van der Waals surface area contributed by atoms with Gasteiger partial charge in [-0.05, 0) is 23.9 Å². The lowest BCUT2D eigenvalue weighted by Crippen LogP contribution is -2.33. The molecule has 98 valence electrons. The number of hydrogen-bond acceptors (Lipinski definition) is 6. The first-order valence-corrected chi connectivity index (χ1v) is 5.95. The number of aromatic nitrogens is 4. The Morgan fingerprint density at radius 3 is 2.95 bits per heavy atom. The van der Waals surface area contributed by atoms with Gasteiger partial charge in [0.05, 0.1) is 0 Å². The average Bonchev–Trinajstić information content (AvgIpc) is 2.36. The highest BCUT2D eigenvalue weighted by molar-refractivity contribution is 7.99. The van der Waals surface area contributed by atoms with Gasteiger partial charge in [0.15, 0.2) is 5.16 Å². The number of amidine groups is 1. The molecule has 8 nitrogen and oxygen atoms in total. The Hall–Kier alpha value is -2.42. The monoisotopic (exact) mass is 278 g/mol. The second-order valence-corrected chi connectivity index (χ2v) is 4.53. The van der Waals surface area contributed by atoms with Crippen LogP contribution in [0.4, 0.5) is 0 Å². The molecule has 2 aromatic heterocycles. The Morgan fingerprint density at radius 2 is 2.26 bits per heavy atom. The lowest BCUT2D eigenvalue weighted by atomic mass is 10.3. The summed E-state index contributed by atoms with van der Waals surface area (Å²) in [5.41, 5.74) is 4.22. The summed E-state index contributed by atoms with van der Waals surface area (Å²) < 4.78 is 1.31. The van der Waals surface area contributed by atoms with Gasteiger partial charge < -0.3 is 5.73 Å². The van der Waals surface area contributed by atoms with Gasteiger partial charge in [0, 0.05) is 18.8 Å². The standard InChI is InChI=1S/C10H10N6O2S/c1-16-10(14-7(17)8(18)15-16)19-9-5(6(11)12)3-2-4-13-9/h2-4H,1H3,(H3,11,12)(H,15,18). The zero-order valence-electron chi connectivity index (χ0n) is 9.88. The van der Waals surface area contributed by atoms with Crippen LogP contribution >= 0.6 is 11.8 Å². The van der Waals surface area contributed by atoms with Gasteiger partial charge in [0.1, 0.15) is 10.9 Å². The van der Waals surface area contributed by atoms with E-state index in [0.29, 0.717) is 10.6 Å². The third-order valence-electron chi connectivity index (χ3n) is 2.20. The van der Waals surface area contributed by atoms with Crippen LogP contribution in [0.3, 0.4) is 0 Å². The molecule has 2 aromatic rings. The smallest absolute Gasteiger partial charge is 0.339 e. The molecular formula is C10H10N6O2S. The summed E-state index contributed by atoms with van der Waals surface area (Å²) in [6.07, 6.45) is 1.54. The van der Waals surface area contributed by atoms with E-state index < -0.39 is 11.1 Å². The van der Waals surface area contributed by atoms with Gasteiger partial charge in [-0.15, -0.1) is 0 Å². The van der Waals surface area contributed by atoms with E-state index in [1.54, 1.807) is 25.4 Å². The van der Waals surface area contributed by atoms with Gasteiger partial charge in [-0.2, -0.15) is 4.98 Å². The summed E-state index contributed by atoms with van der Waals surface area (Å²) in [7, 11) is 1.55. The molecule has 19 heavy (non-hydrogen) atoms. The topological polar surface area (TPSA) is 131 Å². The first-order valence-electron chi connectivity index (χ1n) is 5.13. The Kier molecular flexibility index (Phi) is 3.47. The molecule has 0 unspecified atom stereocenters. The van der Waals surface area contributed by atoms with Crippen molar-refractivity contribution >= 4 is 17.6 Å². The molecule has 0 saturated carbocycles. The van der Waals surface area contributed by atoms with E-state index in [1.807, 2.05) is 0 Å². The molecule has 2 heterocycles. The summed E-state index contributed by atoms with van der Waals surface area (Å²) in [6.45, 7) is 0. The predicted molar refractivity (Wildman–Crippen MR) is 69.5 cm³/mol. The van der Waals surface area contributed by atoms with Crippen LogP contribution in [-0.4, -0.2) is 25.6 Å². The number of aromatic amines is 1. The normalized spacial score (nSPS) is 10.4. The highest BCUT2D eigenvalue weighted by atomic mass is 32.2. The Balaban J connectivity index is 2.48. The van der Waals surface area contributed by atoms with Crippen molar-refractivity contribution in [2.75, 3.05) is 0 Å². The molecule has 9 heteroatoms. The number of nitrogen functional groups attached to an aromatic ring is 1. The molecule has 0 saturated heterocycles. The molecule has 0 radical (unpaired) electrons. The second-order valence-electron chi connectivity index (χ2n) is 3.57. The molecule has 0 atom stereocenters. The number of H-pyrrole nitrogens is 1. The van der Waals surface area contributed by atoms with Crippen LogP contribution in [0.25, 0.3) is 0 Å². The van der Waals surface area contributed by atoms with Crippen molar-refractivity contribution in [1.82, 2.24) is 19.7 Å². The number of hydrogen-bond donors (Lipinski definition) is 3. The van der Waals surface area contributed by atoms with Crippen LogP contribution in [0, 0.1) is 5.41 Å². The highest BCUT2D eigenvalue weighted by Crippen LogP contribution is 2.25. The lowest BCUT2D eigenvalue weighted by molar-refractivity contribution is 0.596. The molecule has 0 bridgehead atoms. The van der Waals surface area contributed by atoms with Gasteiger partial charge in [0.25, 0.3) is 0 Å². The zero-order valence-corrected chi connectivity index (χ0v) is 10.7. The molecule has 2 rings (SSSR count). The van der Waals surface area contributed by atoms with Crippen molar-refractivity contribution in [1.29, 1.82) is 5.41 Å². The van der Waals surface area contributed by atoms with Gasteiger partial charge >= 0.3 is 11.1 Å². The molecule has 0 aliphatic rings. The van der Waals surface area contributed by atoms with Crippen molar-refractivity contribution in [3.63, 3.8) is 0 Å². The Labute approximate surface area is 111 Å². The molecule has 0 amide bonds. The minimum absolute atomic E-state index is 0.134. The summed E-state index contributed by atoms with van der Waals surface area (Å²) in [5, 5.41) is 10.5. The maximum Gasteiger partial charge on any atom is 0.339 e. The van der Waals surface area contributed by atoms with Crippen LogP contribution in [0.1, 0.15) is 5.56 Å². The van der Waals surface area contributed by atoms with Gasteiger partial charge in [-0.1, -0.05) is 0 Å². The first-order chi connectivity index (χ1) is 8.99.